The van der Waals surface area contributed by atoms with Crippen molar-refractivity contribution in [1.29, 1.82) is 0 Å². The first kappa shape index (κ1) is 12.0. The van der Waals surface area contributed by atoms with Gasteiger partial charge in [0.1, 0.15) is 0 Å². The Morgan fingerprint density at radius 3 is 2.93 bits per heavy atom. The van der Waals surface area contributed by atoms with Gasteiger partial charge in [0.2, 0.25) is 0 Å². The van der Waals surface area contributed by atoms with E-state index in [4.69, 9.17) is 4.74 Å². The fraction of sp³-hybridized carbons (Fsp3) is 0.615. The SMILES string of the molecule is C=C(C)C(=O)OCCCC1=CCCCC1. The third-order valence-electron chi connectivity index (χ3n) is 2.61. The summed E-state index contributed by atoms with van der Waals surface area (Å²) in [5.41, 5.74) is 2.01. The van der Waals surface area contributed by atoms with Crippen LogP contribution in [-0.4, -0.2) is 12.6 Å². The number of allylic oxidation sites excluding steroid dienone is 2. The average Bonchev–Trinajstić information content (AvgIpc) is 2.25. The van der Waals surface area contributed by atoms with Gasteiger partial charge in [-0.2, -0.15) is 0 Å². The van der Waals surface area contributed by atoms with Crippen LogP contribution in [0.5, 0.6) is 0 Å². The van der Waals surface area contributed by atoms with Crippen molar-refractivity contribution in [2.24, 2.45) is 0 Å². The number of hydrogen-bond acceptors (Lipinski definition) is 2. The van der Waals surface area contributed by atoms with Crippen molar-refractivity contribution in [3.05, 3.63) is 23.8 Å². The van der Waals surface area contributed by atoms with E-state index < -0.39 is 0 Å². The quantitative estimate of drug-likeness (QED) is 0.299. The van der Waals surface area contributed by atoms with E-state index in [2.05, 4.69) is 12.7 Å². The molecule has 2 heteroatoms. The minimum Gasteiger partial charge on any atom is -0.462 e. The summed E-state index contributed by atoms with van der Waals surface area (Å²) in [6.45, 7) is 5.73. The second-order valence-electron chi connectivity index (χ2n) is 4.13. The molecule has 0 saturated carbocycles. The Labute approximate surface area is 92.0 Å². The van der Waals surface area contributed by atoms with Crippen molar-refractivity contribution >= 4 is 5.97 Å². The Hall–Kier alpha value is -1.05. The molecule has 0 aromatic heterocycles. The minimum atomic E-state index is -0.271. The van der Waals surface area contributed by atoms with E-state index in [1.807, 2.05) is 0 Å². The molecule has 2 nitrogen and oxygen atoms in total. The van der Waals surface area contributed by atoms with E-state index in [1.165, 1.54) is 31.3 Å². The smallest absolute Gasteiger partial charge is 0.333 e. The van der Waals surface area contributed by atoms with Gasteiger partial charge < -0.3 is 4.74 Å². The van der Waals surface area contributed by atoms with Crippen LogP contribution in [-0.2, 0) is 9.53 Å². The zero-order chi connectivity index (χ0) is 11.1. The molecule has 0 radical (unpaired) electrons. The van der Waals surface area contributed by atoms with Crippen molar-refractivity contribution in [3.8, 4) is 0 Å². The molecular formula is C13H20O2. The predicted molar refractivity (Wildman–Crippen MR) is 61.6 cm³/mol. The highest BCUT2D eigenvalue weighted by molar-refractivity contribution is 5.86. The standard InChI is InChI=1S/C13H20O2/c1-11(2)13(14)15-10-6-9-12-7-4-3-5-8-12/h7H,1,3-6,8-10H2,2H3. The van der Waals surface area contributed by atoms with Gasteiger partial charge in [-0.15, -0.1) is 0 Å². The number of carbonyl (C=O) groups excluding carboxylic acids is 1. The Balaban J connectivity index is 2.08. The molecule has 0 aliphatic heterocycles. The Bertz CT molecular complexity index is 264. The molecule has 0 aromatic rings. The van der Waals surface area contributed by atoms with Crippen LogP contribution < -0.4 is 0 Å². The molecule has 15 heavy (non-hydrogen) atoms. The summed E-state index contributed by atoms with van der Waals surface area (Å²) in [5, 5.41) is 0. The van der Waals surface area contributed by atoms with Crippen LogP contribution in [0.1, 0.15) is 45.4 Å². The van der Waals surface area contributed by atoms with Crippen molar-refractivity contribution in [2.75, 3.05) is 6.61 Å². The van der Waals surface area contributed by atoms with Crippen LogP contribution in [0.15, 0.2) is 23.8 Å². The van der Waals surface area contributed by atoms with E-state index in [1.54, 1.807) is 6.92 Å². The molecule has 1 aliphatic rings. The minimum absolute atomic E-state index is 0.271. The van der Waals surface area contributed by atoms with Gasteiger partial charge in [0.25, 0.3) is 0 Å². The van der Waals surface area contributed by atoms with Gasteiger partial charge in [-0.25, -0.2) is 4.79 Å². The molecule has 1 aliphatic carbocycles. The summed E-state index contributed by atoms with van der Waals surface area (Å²) < 4.78 is 5.03. The third-order valence-corrected chi connectivity index (χ3v) is 2.61. The summed E-state index contributed by atoms with van der Waals surface area (Å²) in [6.07, 6.45) is 9.44. The van der Waals surface area contributed by atoms with E-state index in [-0.39, 0.29) is 5.97 Å². The van der Waals surface area contributed by atoms with Gasteiger partial charge in [-0.05, 0) is 45.4 Å². The van der Waals surface area contributed by atoms with Gasteiger partial charge in [0, 0.05) is 5.57 Å². The van der Waals surface area contributed by atoms with Crippen molar-refractivity contribution in [3.63, 3.8) is 0 Å². The highest BCUT2D eigenvalue weighted by Crippen LogP contribution is 2.21. The van der Waals surface area contributed by atoms with E-state index in [0.29, 0.717) is 12.2 Å². The van der Waals surface area contributed by atoms with E-state index in [0.717, 1.165) is 12.8 Å². The van der Waals surface area contributed by atoms with Crippen LogP contribution in [0.25, 0.3) is 0 Å². The zero-order valence-corrected chi connectivity index (χ0v) is 9.55. The molecule has 1 rings (SSSR count). The highest BCUT2D eigenvalue weighted by atomic mass is 16.5. The number of hydrogen-bond donors (Lipinski definition) is 0. The molecule has 0 bridgehead atoms. The highest BCUT2D eigenvalue weighted by Gasteiger charge is 2.05. The molecule has 0 amide bonds. The van der Waals surface area contributed by atoms with E-state index >= 15 is 0 Å². The van der Waals surface area contributed by atoms with Gasteiger partial charge in [-0.1, -0.05) is 18.2 Å². The van der Waals surface area contributed by atoms with Gasteiger partial charge in [0.05, 0.1) is 6.61 Å². The molecule has 0 N–H and O–H groups in total. The molecule has 0 aromatic carbocycles. The van der Waals surface area contributed by atoms with Gasteiger partial charge in [-0.3, -0.25) is 0 Å². The van der Waals surface area contributed by atoms with Crippen LogP contribution in [0.2, 0.25) is 0 Å². The number of carbonyl (C=O) groups is 1. The van der Waals surface area contributed by atoms with Crippen molar-refractivity contribution in [1.82, 2.24) is 0 Å². The molecule has 0 atom stereocenters. The van der Waals surface area contributed by atoms with Crippen molar-refractivity contribution < 1.29 is 9.53 Å². The lowest BCUT2D eigenvalue weighted by Gasteiger charge is -2.12. The third kappa shape index (κ3) is 4.82. The maximum absolute atomic E-state index is 11.1. The van der Waals surface area contributed by atoms with Gasteiger partial charge in [0.15, 0.2) is 0 Å². The fourth-order valence-electron chi connectivity index (χ4n) is 1.72. The second kappa shape index (κ2) is 6.44. The summed E-state index contributed by atoms with van der Waals surface area (Å²) >= 11 is 0. The molecule has 84 valence electrons. The predicted octanol–water partition coefficient (Wildman–Crippen LogP) is 3.39. The Morgan fingerprint density at radius 1 is 1.53 bits per heavy atom. The molecule has 0 heterocycles. The lowest BCUT2D eigenvalue weighted by atomic mass is 9.96. The van der Waals surface area contributed by atoms with Crippen LogP contribution >= 0.6 is 0 Å². The Morgan fingerprint density at radius 2 is 2.33 bits per heavy atom. The Kier molecular flexibility index (Phi) is 5.16. The van der Waals surface area contributed by atoms with Gasteiger partial charge >= 0.3 is 5.97 Å². The zero-order valence-electron chi connectivity index (χ0n) is 9.55. The first-order chi connectivity index (χ1) is 7.20. The lowest BCUT2D eigenvalue weighted by Crippen LogP contribution is -2.06. The maximum Gasteiger partial charge on any atom is 0.333 e. The summed E-state index contributed by atoms with van der Waals surface area (Å²) in [4.78, 5) is 11.1. The van der Waals surface area contributed by atoms with Crippen LogP contribution in [0, 0.1) is 0 Å². The molecule has 0 fully saturated rings. The fourth-order valence-corrected chi connectivity index (χ4v) is 1.72. The maximum atomic E-state index is 11.1. The summed E-state index contributed by atoms with van der Waals surface area (Å²) in [7, 11) is 0. The molecule has 0 unspecified atom stereocenters. The monoisotopic (exact) mass is 208 g/mol. The van der Waals surface area contributed by atoms with Crippen LogP contribution in [0.3, 0.4) is 0 Å². The lowest BCUT2D eigenvalue weighted by molar-refractivity contribution is -0.139. The van der Waals surface area contributed by atoms with Crippen LogP contribution in [0.4, 0.5) is 0 Å². The normalized spacial score (nSPS) is 15.7. The number of ether oxygens (including phenoxy) is 1. The van der Waals surface area contributed by atoms with E-state index in [9.17, 15) is 4.79 Å². The first-order valence-corrected chi connectivity index (χ1v) is 5.70. The molecular weight excluding hydrogens is 188 g/mol. The number of esters is 1. The first-order valence-electron chi connectivity index (χ1n) is 5.70. The second-order valence-corrected chi connectivity index (χ2v) is 4.13. The van der Waals surface area contributed by atoms with Crippen molar-refractivity contribution in [2.45, 2.75) is 45.4 Å². The topological polar surface area (TPSA) is 26.3 Å². The largest absolute Gasteiger partial charge is 0.462 e. The summed E-state index contributed by atoms with van der Waals surface area (Å²) in [6, 6.07) is 0. The molecule has 0 saturated heterocycles. The number of rotatable bonds is 5. The average molecular weight is 208 g/mol. The summed E-state index contributed by atoms with van der Waals surface area (Å²) in [5.74, 6) is -0.271. The molecule has 0 spiro atoms.